The van der Waals surface area contributed by atoms with Gasteiger partial charge in [0, 0.05) is 0 Å². The van der Waals surface area contributed by atoms with Crippen molar-refractivity contribution >= 4 is 22.7 Å². The van der Waals surface area contributed by atoms with Gasteiger partial charge in [0.05, 0.1) is 6.04 Å². The number of hydrogen-bond donors (Lipinski definition) is 4. The van der Waals surface area contributed by atoms with Crippen LogP contribution in [-0.4, -0.2) is 14.9 Å². The Morgan fingerprint density at radius 1 is 1.09 bits per heavy atom. The van der Waals surface area contributed by atoms with E-state index in [1.54, 1.807) is 4.57 Å². The van der Waals surface area contributed by atoms with E-state index in [-0.39, 0.29) is 22.3 Å². The lowest BCUT2D eigenvalue weighted by Gasteiger charge is -2.17. The molecule has 1 aliphatic heterocycles. The number of benzene rings is 1. The number of hydrogen-bond acceptors (Lipinski definition) is 8. The highest BCUT2D eigenvalue weighted by atomic mass is 16.8. The van der Waals surface area contributed by atoms with Crippen LogP contribution in [0.25, 0.3) is 11.2 Å². The number of anilines is 2. The third-order valence-electron chi connectivity index (χ3n) is 3.88. The third-order valence-corrected chi connectivity index (χ3v) is 3.88. The van der Waals surface area contributed by atoms with Crippen LogP contribution >= 0.6 is 0 Å². The van der Waals surface area contributed by atoms with Gasteiger partial charge in [-0.05, 0) is 22.8 Å². The molecule has 4 rings (SSSR count). The zero-order valence-electron chi connectivity index (χ0n) is 12.1. The predicted octanol–water partition coefficient (Wildman–Crippen LogP) is 1.28. The maximum atomic E-state index is 8.17. The SMILES string of the molecule is C[C@H](c1ccccc1)n1c2c(c(=N)c(=N)c3nonc31)NON2. The molecule has 0 spiro atoms. The van der Waals surface area contributed by atoms with E-state index in [1.807, 2.05) is 37.3 Å². The van der Waals surface area contributed by atoms with Gasteiger partial charge in [-0.15, -0.1) is 0 Å². The normalized spacial score (nSPS) is 14.1. The Hall–Kier alpha value is -3.20. The Morgan fingerprint density at radius 3 is 2.65 bits per heavy atom. The van der Waals surface area contributed by atoms with E-state index >= 15 is 0 Å². The second kappa shape index (κ2) is 4.92. The number of nitrogens with zero attached hydrogens (tertiary/aromatic N) is 3. The van der Waals surface area contributed by atoms with Gasteiger partial charge in [0.25, 0.3) is 0 Å². The summed E-state index contributed by atoms with van der Waals surface area (Å²) in [6, 6.07) is 9.66. The molecule has 0 amide bonds. The standard InChI is InChI=1S/C14H13N7O2/c1-7(8-5-3-2-4-6-8)21-13-11(17-22-19-13)9(15)10(16)12-14(21)20-23-18-12/h2-7,15-17,19H,1H3/t7-/m1/s1. The monoisotopic (exact) mass is 311 g/mol. The van der Waals surface area contributed by atoms with Crippen molar-refractivity contribution in [2.45, 2.75) is 13.0 Å². The lowest BCUT2D eigenvalue weighted by Crippen LogP contribution is -2.23. The van der Waals surface area contributed by atoms with Crippen LogP contribution < -0.4 is 21.7 Å². The summed E-state index contributed by atoms with van der Waals surface area (Å²) in [4.78, 5) is 5.04. The molecule has 9 heteroatoms. The molecule has 0 bridgehead atoms. The first-order valence-corrected chi connectivity index (χ1v) is 6.95. The summed E-state index contributed by atoms with van der Waals surface area (Å²) in [6.45, 7) is 1.98. The van der Waals surface area contributed by atoms with Crippen LogP contribution in [0.5, 0.6) is 0 Å². The van der Waals surface area contributed by atoms with Gasteiger partial charge in [0.15, 0.2) is 11.3 Å². The Balaban J connectivity index is 2.13. The van der Waals surface area contributed by atoms with Crippen LogP contribution in [0.15, 0.2) is 35.0 Å². The smallest absolute Gasteiger partial charge is 0.209 e. The molecule has 23 heavy (non-hydrogen) atoms. The molecule has 0 fully saturated rings. The van der Waals surface area contributed by atoms with E-state index in [9.17, 15) is 0 Å². The fourth-order valence-corrected chi connectivity index (χ4v) is 2.67. The van der Waals surface area contributed by atoms with Crippen molar-refractivity contribution in [2.75, 3.05) is 11.0 Å². The van der Waals surface area contributed by atoms with Gasteiger partial charge >= 0.3 is 0 Å². The number of aromatic nitrogens is 3. The molecule has 0 radical (unpaired) electrons. The second-order valence-electron chi connectivity index (χ2n) is 5.17. The molecule has 3 heterocycles. The summed E-state index contributed by atoms with van der Waals surface area (Å²) in [5.74, 6) is 0.491. The van der Waals surface area contributed by atoms with E-state index in [4.69, 9.17) is 20.4 Å². The first-order chi connectivity index (χ1) is 11.2. The molecule has 4 N–H and O–H groups in total. The fourth-order valence-electron chi connectivity index (χ4n) is 2.67. The molecule has 2 aromatic heterocycles. The third kappa shape index (κ3) is 1.90. The molecule has 0 saturated heterocycles. The highest BCUT2D eigenvalue weighted by molar-refractivity contribution is 5.76. The highest BCUT2D eigenvalue weighted by Gasteiger charge is 2.24. The van der Waals surface area contributed by atoms with Gasteiger partial charge in [0.1, 0.15) is 16.4 Å². The average Bonchev–Trinajstić information content (AvgIpc) is 3.23. The Bertz CT molecular complexity index is 1010. The lowest BCUT2D eigenvalue weighted by molar-refractivity contribution is 0.278. The first kappa shape index (κ1) is 13.5. The molecule has 116 valence electrons. The van der Waals surface area contributed by atoms with Crippen molar-refractivity contribution < 1.29 is 9.57 Å². The Labute approximate surface area is 129 Å². The zero-order valence-corrected chi connectivity index (χ0v) is 12.1. The second-order valence-corrected chi connectivity index (χ2v) is 5.17. The largest absolute Gasteiger partial charge is 0.297 e. The minimum absolute atomic E-state index is 0.0512. The van der Waals surface area contributed by atoms with Crippen LogP contribution in [0, 0.1) is 10.8 Å². The highest BCUT2D eigenvalue weighted by Crippen LogP contribution is 2.30. The molecule has 0 saturated carbocycles. The summed E-state index contributed by atoms with van der Waals surface area (Å²) >= 11 is 0. The van der Waals surface area contributed by atoms with Crippen molar-refractivity contribution in [2.24, 2.45) is 0 Å². The van der Waals surface area contributed by atoms with Gasteiger partial charge in [-0.1, -0.05) is 30.3 Å². The quantitative estimate of drug-likeness (QED) is 0.565. The molecule has 3 aromatic rings. The Morgan fingerprint density at radius 2 is 1.87 bits per heavy atom. The van der Waals surface area contributed by atoms with Crippen molar-refractivity contribution in [3.63, 3.8) is 0 Å². The first-order valence-electron chi connectivity index (χ1n) is 6.95. The van der Waals surface area contributed by atoms with E-state index in [0.717, 1.165) is 5.56 Å². The van der Waals surface area contributed by atoms with Crippen LogP contribution in [0.3, 0.4) is 0 Å². The molecule has 0 aliphatic carbocycles. The number of fused-ring (bicyclic) bond motifs is 2. The molecular formula is C14H13N7O2. The van der Waals surface area contributed by atoms with E-state index in [2.05, 4.69) is 21.3 Å². The predicted molar refractivity (Wildman–Crippen MR) is 80.1 cm³/mol. The maximum Gasteiger partial charge on any atom is 0.209 e. The van der Waals surface area contributed by atoms with Crippen molar-refractivity contribution in [3.8, 4) is 0 Å². The van der Waals surface area contributed by atoms with Crippen molar-refractivity contribution in [1.82, 2.24) is 14.9 Å². The maximum absolute atomic E-state index is 8.17. The molecule has 0 unspecified atom stereocenters. The minimum atomic E-state index is -0.151. The molecule has 1 aromatic carbocycles. The fraction of sp³-hybridized carbons (Fsp3) is 0.143. The molecule has 1 aliphatic rings. The van der Waals surface area contributed by atoms with Crippen LogP contribution in [-0.2, 0) is 4.94 Å². The van der Waals surface area contributed by atoms with E-state index in [1.165, 1.54) is 0 Å². The van der Waals surface area contributed by atoms with Gasteiger partial charge in [-0.25, -0.2) is 15.6 Å². The number of nitrogens with one attached hydrogen (secondary N) is 4. The van der Waals surface area contributed by atoms with Gasteiger partial charge < -0.3 is 0 Å². The minimum Gasteiger partial charge on any atom is -0.297 e. The van der Waals surface area contributed by atoms with Crippen molar-refractivity contribution in [3.05, 3.63) is 46.6 Å². The summed E-state index contributed by atoms with van der Waals surface area (Å²) in [5.41, 5.74) is 7.31. The summed E-state index contributed by atoms with van der Waals surface area (Å²) in [6.07, 6.45) is 0. The number of rotatable bonds is 2. The van der Waals surface area contributed by atoms with E-state index in [0.29, 0.717) is 17.2 Å². The summed E-state index contributed by atoms with van der Waals surface area (Å²) in [5, 5.41) is 23.9. The van der Waals surface area contributed by atoms with Crippen LogP contribution in [0.2, 0.25) is 0 Å². The molecular weight excluding hydrogens is 298 g/mol. The van der Waals surface area contributed by atoms with Gasteiger partial charge in [0.2, 0.25) is 5.65 Å². The van der Waals surface area contributed by atoms with Crippen LogP contribution in [0.1, 0.15) is 18.5 Å². The van der Waals surface area contributed by atoms with Gasteiger partial charge in [-0.3, -0.25) is 15.4 Å². The van der Waals surface area contributed by atoms with Crippen molar-refractivity contribution in [1.29, 1.82) is 10.8 Å². The topological polar surface area (TPSA) is 125 Å². The van der Waals surface area contributed by atoms with Gasteiger partial charge in [-0.2, -0.15) is 4.94 Å². The average molecular weight is 311 g/mol. The summed E-state index contributed by atoms with van der Waals surface area (Å²) in [7, 11) is 0. The summed E-state index contributed by atoms with van der Waals surface area (Å²) < 4.78 is 6.61. The van der Waals surface area contributed by atoms with Crippen LogP contribution in [0.4, 0.5) is 11.5 Å². The lowest BCUT2D eigenvalue weighted by atomic mass is 10.1. The van der Waals surface area contributed by atoms with E-state index < -0.39 is 0 Å². The zero-order chi connectivity index (χ0) is 16.0. The Kier molecular flexibility index (Phi) is 2.88. The molecule has 1 atom stereocenters. The molecule has 9 nitrogen and oxygen atoms in total.